The average molecular weight is 325 g/mol. The molecule has 1 aromatic carbocycles. The maximum Gasteiger partial charge on any atom is 0.209 e. The summed E-state index contributed by atoms with van der Waals surface area (Å²) < 4.78 is 0. The van der Waals surface area contributed by atoms with Gasteiger partial charge in [-0.05, 0) is 44.0 Å². The van der Waals surface area contributed by atoms with Crippen LogP contribution in [0.1, 0.15) is 17.0 Å². The highest BCUT2D eigenvalue weighted by Crippen LogP contribution is 2.22. The lowest BCUT2D eigenvalue weighted by atomic mass is 10.1. The highest BCUT2D eigenvalue weighted by Gasteiger charge is 2.17. The van der Waals surface area contributed by atoms with E-state index in [1.165, 1.54) is 11.1 Å². The predicted molar refractivity (Wildman–Crippen MR) is 95.8 cm³/mol. The molecule has 24 heavy (non-hydrogen) atoms. The van der Waals surface area contributed by atoms with Gasteiger partial charge in [-0.3, -0.25) is 4.79 Å². The van der Waals surface area contributed by atoms with Crippen molar-refractivity contribution in [2.45, 2.75) is 20.8 Å². The summed E-state index contributed by atoms with van der Waals surface area (Å²) in [7, 11) is 0. The van der Waals surface area contributed by atoms with Crippen LogP contribution in [0, 0.1) is 20.8 Å². The fourth-order valence-electron chi connectivity index (χ4n) is 3.03. The molecule has 0 unspecified atom stereocenters. The van der Waals surface area contributed by atoms with Gasteiger partial charge in [-0.15, -0.1) is 0 Å². The molecule has 6 nitrogen and oxygen atoms in total. The average Bonchev–Trinajstić information content (AvgIpc) is 2.53. The highest BCUT2D eigenvalue weighted by molar-refractivity contribution is 5.61. The summed E-state index contributed by atoms with van der Waals surface area (Å²) in [5.74, 6) is 2.43. The van der Waals surface area contributed by atoms with Crippen LogP contribution in [-0.4, -0.2) is 47.5 Å². The summed E-state index contributed by atoms with van der Waals surface area (Å²) in [5.41, 5.74) is 3.46. The third-order valence-electron chi connectivity index (χ3n) is 4.11. The van der Waals surface area contributed by atoms with Gasteiger partial charge < -0.3 is 15.1 Å². The molecule has 1 fully saturated rings. The molecule has 2 aromatic rings. The Labute approximate surface area is 142 Å². The molecule has 0 aliphatic carbocycles. The van der Waals surface area contributed by atoms with Gasteiger partial charge in [0.05, 0.1) is 0 Å². The number of rotatable bonds is 4. The summed E-state index contributed by atoms with van der Waals surface area (Å²) >= 11 is 0. The van der Waals surface area contributed by atoms with Crippen LogP contribution < -0.4 is 10.2 Å². The van der Waals surface area contributed by atoms with E-state index in [1.54, 1.807) is 4.90 Å². The third kappa shape index (κ3) is 3.82. The number of nitrogens with one attached hydrogen (secondary N) is 1. The van der Waals surface area contributed by atoms with Crippen LogP contribution in [0.2, 0.25) is 0 Å². The van der Waals surface area contributed by atoms with Crippen LogP contribution in [0.4, 0.5) is 17.3 Å². The first-order valence-electron chi connectivity index (χ1n) is 8.19. The van der Waals surface area contributed by atoms with E-state index in [9.17, 15) is 4.79 Å². The van der Waals surface area contributed by atoms with Crippen molar-refractivity contribution >= 4 is 23.7 Å². The van der Waals surface area contributed by atoms with E-state index in [2.05, 4.69) is 52.2 Å². The lowest BCUT2D eigenvalue weighted by Gasteiger charge is -2.33. The zero-order valence-corrected chi connectivity index (χ0v) is 14.4. The number of aromatic nitrogens is 2. The quantitative estimate of drug-likeness (QED) is 0.875. The molecule has 1 amide bonds. The van der Waals surface area contributed by atoms with E-state index >= 15 is 0 Å². The van der Waals surface area contributed by atoms with E-state index in [0.717, 1.165) is 55.7 Å². The Bertz CT molecular complexity index is 718. The first kappa shape index (κ1) is 16.2. The van der Waals surface area contributed by atoms with Crippen molar-refractivity contribution < 1.29 is 4.79 Å². The molecule has 0 saturated carbocycles. The Balaban J connectivity index is 1.80. The molecule has 0 spiro atoms. The number of hydrogen-bond donors (Lipinski definition) is 1. The second-order valence-corrected chi connectivity index (χ2v) is 6.29. The fraction of sp³-hybridized carbons (Fsp3) is 0.389. The van der Waals surface area contributed by atoms with Crippen molar-refractivity contribution in [1.29, 1.82) is 0 Å². The minimum Gasteiger partial charge on any atom is -0.353 e. The van der Waals surface area contributed by atoms with Crippen molar-refractivity contribution in [3.63, 3.8) is 0 Å². The molecule has 3 rings (SSSR count). The number of amides is 1. The van der Waals surface area contributed by atoms with Gasteiger partial charge in [-0.1, -0.05) is 6.07 Å². The lowest BCUT2D eigenvalue weighted by molar-refractivity contribution is -0.118. The van der Waals surface area contributed by atoms with Gasteiger partial charge in [0.2, 0.25) is 6.41 Å². The Morgan fingerprint density at radius 3 is 2.25 bits per heavy atom. The van der Waals surface area contributed by atoms with E-state index < -0.39 is 0 Å². The van der Waals surface area contributed by atoms with Gasteiger partial charge in [0, 0.05) is 37.9 Å². The van der Waals surface area contributed by atoms with Crippen LogP contribution >= 0.6 is 0 Å². The zero-order valence-electron chi connectivity index (χ0n) is 14.4. The summed E-state index contributed by atoms with van der Waals surface area (Å²) in [5, 5.41) is 3.38. The number of benzene rings is 1. The first-order valence-corrected chi connectivity index (χ1v) is 8.19. The maximum atomic E-state index is 10.8. The zero-order chi connectivity index (χ0) is 17.1. The van der Waals surface area contributed by atoms with Gasteiger partial charge >= 0.3 is 0 Å². The topological polar surface area (TPSA) is 61.4 Å². The van der Waals surface area contributed by atoms with Crippen LogP contribution in [0.5, 0.6) is 0 Å². The van der Waals surface area contributed by atoms with Gasteiger partial charge in [-0.2, -0.15) is 0 Å². The van der Waals surface area contributed by atoms with Crippen LogP contribution in [0.15, 0.2) is 24.3 Å². The summed E-state index contributed by atoms with van der Waals surface area (Å²) in [4.78, 5) is 23.9. The van der Waals surface area contributed by atoms with Gasteiger partial charge in [0.25, 0.3) is 0 Å². The van der Waals surface area contributed by atoms with Gasteiger partial charge in [0.15, 0.2) is 0 Å². The number of anilines is 3. The maximum absolute atomic E-state index is 10.8. The Kier molecular flexibility index (Phi) is 4.64. The molecule has 1 N–H and O–H groups in total. The van der Waals surface area contributed by atoms with Crippen LogP contribution in [0.25, 0.3) is 0 Å². The normalized spacial score (nSPS) is 14.6. The van der Waals surface area contributed by atoms with E-state index in [1.807, 2.05) is 13.0 Å². The van der Waals surface area contributed by atoms with Crippen molar-refractivity contribution in [3.05, 3.63) is 41.2 Å². The Morgan fingerprint density at radius 2 is 1.62 bits per heavy atom. The van der Waals surface area contributed by atoms with E-state index in [-0.39, 0.29) is 0 Å². The van der Waals surface area contributed by atoms with Crippen molar-refractivity contribution in [3.8, 4) is 0 Å². The largest absolute Gasteiger partial charge is 0.353 e. The second kappa shape index (κ2) is 6.86. The van der Waals surface area contributed by atoms with E-state index in [4.69, 9.17) is 0 Å². The molecular formula is C18H23N5O. The minimum atomic E-state index is 0.729. The predicted octanol–water partition coefficient (Wildman–Crippen LogP) is 2.42. The molecule has 0 radical (unpaired) electrons. The molecule has 126 valence electrons. The summed E-state index contributed by atoms with van der Waals surface area (Å²) in [6.45, 7) is 9.11. The molecule has 1 aliphatic heterocycles. The standard InChI is InChI=1S/C18H23N5O/c1-13-8-14(2)10-16(9-13)21-17-11-18(20-15(3)19-17)23-6-4-22(12-24)5-7-23/h8-12H,4-7H2,1-3H3,(H,19,20,21). The molecular weight excluding hydrogens is 302 g/mol. The molecule has 0 atom stereocenters. The van der Waals surface area contributed by atoms with Crippen molar-refractivity contribution in [2.75, 3.05) is 36.4 Å². The molecule has 1 aromatic heterocycles. The number of nitrogens with zero attached hydrogens (tertiary/aromatic N) is 4. The fourth-order valence-corrected chi connectivity index (χ4v) is 3.03. The minimum absolute atomic E-state index is 0.729. The van der Waals surface area contributed by atoms with Crippen LogP contribution in [0.3, 0.4) is 0 Å². The van der Waals surface area contributed by atoms with Crippen molar-refractivity contribution in [1.82, 2.24) is 14.9 Å². The number of carbonyl (C=O) groups excluding carboxylic acids is 1. The Hall–Kier alpha value is -2.63. The monoisotopic (exact) mass is 325 g/mol. The molecule has 2 heterocycles. The molecule has 1 aliphatic rings. The van der Waals surface area contributed by atoms with Crippen LogP contribution in [-0.2, 0) is 4.79 Å². The highest BCUT2D eigenvalue weighted by atomic mass is 16.1. The number of carbonyl (C=O) groups is 1. The van der Waals surface area contributed by atoms with Gasteiger partial charge in [0.1, 0.15) is 17.5 Å². The Morgan fingerprint density at radius 1 is 0.958 bits per heavy atom. The van der Waals surface area contributed by atoms with E-state index in [0.29, 0.717) is 0 Å². The second-order valence-electron chi connectivity index (χ2n) is 6.29. The third-order valence-corrected chi connectivity index (χ3v) is 4.11. The molecule has 0 bridgehead atoms. The number of aryl methyl sites for hydroxylation is 3. The molecule has 6 heteroatoms. The summed E-state index contributed by atoms with van der Waals surface area (Å²) in [6.07, 6.45) is 0.912. The van der Waals surface area contributed by atoms with Crippen molar-refractivity contribution in [2.24, 2.45) is 0 Å². The lowest BCUT2D eigenvalue weighted by Crippen LogP contribution is -2.46. The van der Waals surface area contributed by atoms with Gasteiger partial charge in [-0.25, -0.2) is 9.97 Å². The SMILES string of the molecule is Cc1cc(C)cc(Nc2cc(N3CCN(C=O)CC3)nc(C)n2)c1. The first-order chi connectivity index (χ1) is 11.5. The smallest absolute Gasteiger partial charge is 0.209 e. The number of piperazine rings is 1. The number of hydrogen-bond acceptors (Lipinski definition) is 5. The summed E-state index contributed by atoms with van der Waals surface area (Å²) in [6, 6.07) is 8.33. The molecule has 1 saturated heterocycles.